The minimum atomic E-state index is 0.722. The minimum Gasteiger partial charge on any atom is -0.494 e. The number of allylic oxidation sites excluding steroid dienone is 1. The zero-order valence-electron chi connectivity index (χ0n) is 8.34. The number of hydrogen-bond acceptors (Lipinski definition) is 1. The minimum absolute atomic E-state index is 0.722. The van der Waals surface area contributed by atoms with Gasteiger partial charge in [-0.3, -0.25) is 0 Å². The van der Waals surface area contributed by atoms with E-state index in [2.05, 4.69) is 18.7 Å². The van der Waals surface area contributed by atoms with Crippen molar-refractivity contribution in [3.8, 4) is 5.75 Å². The molecule has 1 aromatic carbocycles. The van der Waals surface area contributed by atoms with Crippen LogP contribution >= 0.6 is 0 Å². The van der Waals surface area contributed by atoms with Crippen LogP contribution in [-0.2, 0) is 6.42 Å². The van der Waals surface area contributed by atoms with Gasteiger partial charge in [-0.2, -0.15) is 0 Å². The van der Waals surface area contributed by atoms with E-state index in [9.17, 15) is 0 Å². The van der Waals surface area contributed by atoms with E-state index < -0.39 is 0 Å². The predicted octanol–water partition coefficient (Wildman–Crippen LogP) is 3.20. The highest BCUT2D eigenvalue weighted by Crippen LogP contribution is 2.13. The number of ether oxygens (including phenoxy) is 1. The Morgan fingerprint density at radius 2 is 1.92 bits per heavy atom. The maximum Gasteiger partial charge on any atom is 0.119 e. The van der Waals surface area contributed by atoms with E-state index in [0.717, 1.165) is 18.8 Å². The molecule has 0 amide bonds. The summed E-state index contributed by atoms with van der Waals surface area (Å²) in [5, 5.41) is 0. The van der Waals surface area contributed by atoms with Gasteiger partial charge in [0.25, 0.3) is 0 Å². The predicted molar refractivity (Wildman–Crippen MR) is 56.1 cm³/mol. The van der Waals surface area contributed by atoms with Gasteiger partial charge in [-0.05, 0) is 38.0 Å². The monoisotopic (exact) mass is 176 g/mol. The summed E-state index contributed by atoms with van der Waals surface area (Å²) in [5.74, 6) is 0.938. The molecule has 0 unspecified atom stereocenters. The third kappa shape index (κ3) is 3.32. The lowest BCUT2D eigenvalue weighted by Crippen LogP contribution is -1.91. The SMILES string of the molecule is C=C(C)Cc1ccc(OCC)cc1. The fourth-order valence-corrected chi connectivity index (χ4v) is 1.22. The zero-order valence-corrected chi connectivity index (χ0v) is 8.34. The van der Waals surface area contributed by atoms with Gasteiger partial charge in [-0.15, -0.1) is 0 Å². The first-order valence-corrected chi connectivity index (χ1v) is 4.58. The first-order valence-electron chi connectivity index (χ1n) is 4.58. The highest BCUT2D eigenvalue weighted by atomic mass is 16.5. The summed E-state index contributed by atoms with van der Waals surface area (Å²) in [5.41, 5.74) is 2.47. The quantitative estimate of drug-likeness (QED) is 0.640. The average Bonchev–Trinajstić information content (AvgIpc) is 2.08. The summed E-state index contributed by atoms with van der Waals surface area (Å²) >= 11 is 0. The van der Waals surface area contributed by atoms with Crippen LogP contribution in [0.5, 0.6) is 5.75 Å². The molecule has 0 aliphatic heterocycles. The topological polar surface area (TPSA) is 9.23 Å². The van der Waals surface area contributed by atoms with Crippen molar-refractivity contribution in [2.45, 2.75) is 20.3 Å². The second-order valence-electron chi connectivity index (χ2n) is 3.21. The van der Waals surface area contributed by atoms with Crippen molar-refractivity contribution in [3.05, 3.63) is 42.0 Å². The molecule has 13 heavy (non-hydrogen) atoms. The normalized spacial score (nSPS) is 9.69. The molecule has 0 heterocycles. The van der Waals surface area contributed by atoms with Gasteiger partial charge >= 0.3 is 0 Å². The van der Waals surface area contributed by atoms with E-state index in [1.54, 1.807) is 0 Å². The summed E-state index contributed by atoms with van der Waals surface area (Å²) in [6.45, 7) is 8.63. The molecule has 0 saturated heterocycles. The van der Waals surface area contributed by atoms with Crippen molar-refractivity contribution in [1.29, 1.82) is 0 Å². The fourth-order valence-electron chi connectivity index (χ4n) is 1.22. The summed E-state index contributed by atoms with van der Waals surface area (Å²) in [6.07, 6.45) is 0.951. The third-order valence-electron chi connectivity index (χ3n) is 1.74. The molecule has 0 radical (unpaired) electrons. The largest absolute Gasteiger partial charge is 0.494 e. The molecule has 0 aromatic heterocycles. The Hall–Kier alpha value is -1.24. The Kier molecular flexibility index (Phi) is 3.56. The molecule has 0 saturated carbocycles. The van der Waals surface area contributed by atoms with E-state index in [-0.39, 0.29) is 0 Å². The van der Waals surface area contributed by atoms with E-state index in [1.165, 1.54) is 11.1 Å². The summed E-state index contributed by atoms with van der Waals surface area (Å²) < 4.78 is 5.34. The Morgan fingerprint density at radius 3 is 2.38 bits per heavy atom. The van der Waals surface area contributed by atoms with Crippen molar-refractivity contribution in [2.75, 3.05) is 6.61 Å². The molecule has 1 rings (SSSR count). The van der Waals surface area contributed by atoms with Crippen molar-refractivity contribution in [1.82, 2.24) is 0 Å². The van der Waals surface area contributed by atoms with Crippen LogP contribution in [0.15, 0.2) is 36.4 Å². The Balaban J connectivity index is 2.64. The smallest absolute Gasteiger partial charge is 0.119 e. The molecule has 0 spiro atoms. The summed E-state index contributed by atoms with van der Waals surface area (Å²) in [6, 6.07) is 8.17. The van der Waals surface area contributed by atoms with Crippen LogP contribution in [0.3, 0.4) is 0 Å². The molecule has 0 aliphatic carbocycles. The van der Waals surface area contributed by atoms with E-state index >= 15 is 0 Å². The number of benzene rings is 1. The Labute approximate surface area is 80.0 Å². The van der Waals surface area contributed by atoms with Gasteiger partial charge in [0.15, 0.2) is 0 Å². The van der Waals surface area contributed by atoms with Gasteiger partial charge < -0.3 is 4.74 Å². The molecular formula is C12H16O. The van der Waals surface area contributed by atoms with E-state index in [1.807, 2.05) is 26.0 Å². The lowest BCUT2D eigenvalue weighted by atomic mass is 10.1. The van der Waals surface area contributed by atoms with Crippen LogP contribution in [0.1, 0.15) is 19.4 Å². The Morgan fingerprint density at radius 1 is 1.31 bits per heavy atom. The average molecular weight is 176 g/mol. The maximum absolute atomic E-state index is 5.34. The van der Waals surface area contributed by atoms with Gasteiger partial charge in [0.05, 0.1) is 6.61 Å². The highest BCUT2D eigenvalue weighted by Gasteiger charge is 1.94. The van der Waals surface area contributed by atoms with Gasteiger partial charge in [0, 0.05) is 0 Å². The van der Waals surface area contributed by atoms with Crippen LogP contribution in [0, 0.1) is 0 Å². The second-order valence-corrected chi connectivity index (χ2v) is 3.21. The van der Waals surface area contributed by atoms with Crippen molar-refractivity contribution in [3.63, 3.8) is 0 Å². The van der Waals surface area contributed by atoms with Gasteiger partial charge in [0.1, 0.15) is 5.75 Å². The highest BCUT2D eigenvalue weighted by molar-refractivity contribution is 5.29. The van der Waals surface area contributed by atoms with E-state index in [0.29, 0.717) is 0 Å². The standard InChI is InChI=1S/C12H16O/c1-4-13-12-7-5-11(6-8-12)9-10(2)3/h5-8H,2,4,9H2,1,3H3. The first-order chi connectivity index (χ1) is 6.22. The summed E-state index contributed by atoms with van der Waals surface area (Å²) in [7, 11) is 0. The number of hydrogen-bond donors (Lipinski definition) is 0. The molecule has 70 valence electrons. The summed E-state index contributed by atoms with van der Waals surface area (Å²) in [4.78, 5) is 0. The van der Waals surface area contributed by atoms with Crippen molar-refractivity contribution >= 4 is 0 Å². The maximum atomic E-state index is 5.34. The van der Waals surface area contributed by atoms with Gasteiger partial charge in [-0.25, -0.2) is 0 Å². The molecule has 0 atom stereocenters. The zero-order chi connectivity index (χ0) is 9.68. The molecule has 1 heteroatoms. The van der Waals surface area contributed by atoms with Crippen molar-refractivity contribution in [2.24, 2.45) is 0 Å². The van der Waals surface area contributed by atoms with Crippen LogP contribution in [-0.4, -0.2) is 6.61 Å². The van der Waals surface area contributed by atoms with Crippen LogP contribution < -0.4 is 4.74 Å². The lowest BCUT2D eigenvalue weighted by Gasteiger charge is -2.04. The number of rotatable bonds is 4. The lowest BCUT2D eigenvalue weighted by molar-refractivity contribution is 0.340. The van der Waals surface area contributed by atoms with Crippen LogP contribution in [0.4, 0.5) is 0 Å². The van der Waals surface area contributed by atoms with Gasteiger partial charge in [-0.1, -0.05) is 24.3 Å². The molecule has 0 aliphatic rings. The van der Waals surface area contributed by atoms with Gasteiger partial charge in [0.2, 0.25) is 0 Å². The van der Waals surface area contributed by atoms with Crippen LogP contribution in [0.25, 0.3) is 0 Å². The third-order valence-corrected chi connectivity index (χ3v) is 1.74. The molecule has 1 nitrogen and oxygen atoms in total. The first kappa shape index (κ1) is 9.85. The molecule has 0 N–H and O–H groups in total. The second kappa shape index (κ2) is 4.70. The molecular weight excluding hydrogens is 160 g/mol. The van der Waals surface area contributed by atoms with E-state index in [4.69, 9.17) is 4.74 Å². The Bertz CT molecular complexity index is 272. The van der Waals surface area contributed by atoms with Crippen molar-refractivity contribution < 1.29 is 4.74 Å². The molecule has 0 fully saturated rings. The molecule has 1 aromatic rings. The molecule has 0 bridgehead atoms. The van der Waals surface area contributed by atoms with Crippen LogP contribution in [0.2, 0.25) is 0 Å². The fraction of sp³-hybridized carbons (Fsp3) is 0.333.